The molecule has 0 aliphatic heterocycles. The first-order chi connectivity index (χ1) is 12.0. The van der Waals surface area contributed by atoms with Crippen LogP contribution in [0.2, 0.25) is 0 Å². The molecule has 0 heterocycles. The summed E-state index contributed by atoms with van der Waals surface area (Å²) in [6.07, 6.45) is -0.226. The minimum atomic E-state index is -1.23. The fraction of sp³-hybridized carbons (Fsp3) is 0.667. The summed E-state index contributed by atoms with van der Waals surface area (Å²) < 4.78 is 0. The first-order valence-corrected chi connectivity index (χ1v) is 8.09. The first kappa shape index (κ1) is 23.3. The molecule has 11 heteroatoms. The molecule has 0 aromatic heterocycles. The Morgan fingerprint density at radius 1 is 0.962 bits per heavy atom. The minimum Gasteiger partial charge on any atom is -0.480 e. The molecule has 3 unspecified atom stereocenters. The maximum Gasteiger partial charge on any atom is 0.322 e. The van der Waals surface area contributed by atoms with E-state index in [1.807, 2.05) is 0 Å². The summed E-state index contributed by atoms with van der Waals surface area (Å²) in [5.74, 6) is -4.06. The van der Waals surface area contributed by atoms with Gasteiger partial charge < -0.3 is 32.5 Å². The highest BCUT2D eigenvalue weighted by Gasteiger charge is 2.27. The standard InChI is InChI=1S/C15H27N5O6/c1-7(2)12(17)15(26)20-9(4-5-10(16)21)14(25)19-8(3)13(24)18-6-11(22)23/h7-9,12H,4-6,17H2,1-3H3,(H2,16,21)(H,18,24)(H,19,25)(H,20,26)(H,22,23). The van der Waals surface area contributed by atoms with Crippen molar-refractivity contribution in [2.75, 3.05) is 6.54 Å². The molecule has 0 saturated carbocycles. The van der Waals surface area contributed by atoms with Crippen LogP contribution in [-0.4, -0.2) is 59.4 Å². The average Bonchev–Trinajstić information content (AvgIpc) is 2.54. The maximum atomic E-state index is 12.3. The van der Waals surface area contributed by atoms with Gasteiger partial charge in [0.05, 0.1) is 6.04 Å². The number of aliphatic carboxylic acids is 1. The van der Waals surface area contributed by atoms with Gasteiger partial charge in [0.25, 0.3) is 0 Å². The van der Waals surface area contributed by atoms with Crippen molar-refractivity contribution in [1.29, 1.82) is 0 Å². The van der Waals surface area contributed by atoms with Gasteiger partial charge in [0.2, 0.25) is 23.6 Å². The van der Waals surface area contributed by atoms with Crippen LogP contribution in [0, 0.1) is 5.92 Å². The third kappa shape index (κ3) is 8.97. The van der Waals surface area contributed by atoms with Crippen LogP contribution in [0.15, 0.2) is 0 Å². The van der Waals surface area contributed by atoms with E-state index in [0.717, 1.165) is 0 Å². The van der Waals surface area contributed by atoms with Gasteiger partial charge in [-0.05, 0) is 19.3 Å². The van der Waals surface area contributed by atoms with E-state index in [2.05, 4.69) is 16.0 Å². The highest BCUT2D eigenvalue weighted by atomic mass is 16.4. The molecule has 11 nitrogen and oxygen atoms in total. The number of carbonyl (C=O) groups is 5. The third-order valence-electron chi connectivity index (χ3n) is 3.50. The number of rotatable bonds is 11. The third-order valence-corrected chi connectivity index (χ3v) is 3.50. The number of hydrogen-bond acceptors (Lipinski definition) is 6. The zero-order valence-electron chi connectivity index (χ0n) is 15.1. The van der Waals surface area contributed by atoms with E-state index >= 15 is 0 Å². The van der Waals surface area contributed by atoms with Crippen LogP contribution in [0.25, 0.3) is 0 Å². The van der Waals surface area contributed by atoms with Crippen molar-refractivity contribution in [3.63, 3.8) is 0 Å². The smallest absolute Gasteiger partial charge is 0.322 e. The average molecular weight is 373 g/mol. The summed E-state index contributed by atoms with van der Waals surface area (Å²) in [6, 6.07) is -3.02. The number of carboxylic acids is 1. The van der Waals surface area contributed by atoms with E-state index in [0.29, 0.717) is 0 Å². The van der Waals surface area contributed by atoms with E-state index in [-0.39, 0.29) is 18.8 Å². The maximum absolute atomic E-state index is 12.3. The van der Waals surface area contributed by atoms with Crippen LogP contribution >= 0.6 is 0 Å². The van der Waals surface area contributed by atoms with Crippen LogP contribution < -0.4 is 27.4 Å². The molecular formula is C15H27N5O6. The summed E-state index contributed by atoms with van der Waals surface area (Å²) in [7, 11) is 0. The van der Waals surface area contributed by atoms with Gasteiger partial charge in [-0.25, -0.2) is 0 Å². The van der Waals surface area contributed by atoms with Gasteiger partial charge in [-0.3, -0.25) is 24.0 Å². The Balaban J connectivity index is 4.92. The summed E-state index contributed by atoms with van der Waals surface area (Å²) in [4.78, 5) is 57.5. The Morgan fingerprint density at radius 2 is 1.54 bits per heavy atom. The van der Waals surface area contributed by atoms with Crippen LogP contribution in [0.4, 0.5) is 0 Å². The number of nitrogens with one attached hydrogen (secondary N) is 3. The number of carbonyl (C=O) groups excluding carboxylic acids is 4. The lowest BCUT2D eigenvalue weighted by atomic mass is 10.0. The quantitative estimate of drug-likeness (QED) is 0.229. The highest BCUT2D eigenvalue weighted by Crippen LogP contribution is 2.03. The number of hydrogen-bond donors (Lipinski definition) is 6. The van der Waals surface area contributed by atoms with E-state index in [9.17, 15) is 24.0 Å². The van der Waals surface area contributed by atoms with Crippen molar-refractivity contribution >= 4 is 29.6 Å². The molecule has 0 fully saturated rings. The van der Waals surface area contributed by atoms with Gasteiger partial charge in [-0.2, -0.15) is 0 Å². The van der Waals surface area contributed by atoms with E-state index in [4.69, 9.17) is 16.6 Å². The highest BCUT2D eigenvalue weighted by molar-refractivity contribution is 5.93. The van der Waals surface area contributed by atoms with Crippen molar-refractivity contribution < 1.29 is 29.1 Å². The van der Waals surface area contributed by atoms with E-state index in [1.54, 1.807) is 13.8 Å². The molecule has 0 aromatic carbocycles. The SMILES string of the molecule is CC(NC(=O)C(CCC(N)=O)NC(=O)C(N)C(C)C)C(=O)NCC(=O)O. The molecule has 26 heavy (non-hydrogen) atoms. The van der Waals surface area contributed by atoms with Gasteiger partial charge in [0, 0.05) is 6.42 Å². The lowest BCUT2D eigenvalue weighted by Crippen LogP contribution is -2.56. The predicted molar refractivity (Wildman–Crippen MR) is 91.4 cm³/mol. The number of carboxylic acid groups (broad SMARTS) is 1. The van der Waals surface area contributed by atoms with Crippen LogP contribution in [0.3, 0.4) is 0 Å². The Labute approximate surface area is 151 Å². The molecule has 0 saturated heterocycles. The molecule has 8 N–H and O–H groups in total. The number of primary amides is 1. The molecule has 4 amide bonds. The second kappa shape index (κ2) is 11.0. The Kier molecular flexibility index (Phi) is 9.89. The normalized spacial score (nSPS) is 14.0. The second-order valence-corrected chi connectivity index (χ2v) is 6.18. The van der Waals surface area contributed by atoms with E-state index < -0.39 is 54.3 Å². The summed E-state index contributed by atoms with van der Waals surface area (Å²) in [5, 5.41) is 15.4. The Morgan fingerprint density at radius 3 is 2.00 bits per heavy atom. The van der Waals surface area contributed by atoms with E-state index in [1.165, 1.54) is 6.92 Å². The molecule has 0 aromatic rings. The molecule has 3 atom stereocenters. The molecule has 0 bridgehead atoms. The van der Waals surface area contributed by atoms with Gasteiger partial charge in [0.1, 0.15) is 18.6 Å². The van der Waals surface area contributed by atoms with Crippen molar-refractivity contribution in [3.05, 3.63) is 0 Å². The van der Waals surface area contributed by atoms with Crippen molar-refractivity contribution in [2.45, 2.75) is 51.7 Å². The second-order valence-electron chi connectivity index (χ2n) is 6.18. The van der Waals surface area contributed by atoms with Gasteiger partial charge >= 0.3 is 5.97 Å². The topological polar surface area (TPSA) is 194 Å². The van der Waals surface area contributed by atoms with Gasteiger partial charge in [-0.15, -0.1) is 0 Å². The zero-order chi connectivity index (χ0) is 20.4. The zero-order valence-corrected chi connectivity index (χ0v) is 15.1. The number of amides is 4. The molecule has 0 spiro atoms. The van der Waals surface area contributed by atoms with Crippen LogP contribution in [-0.2, 0) is 24.0 Å². The summed E-state index contributed by atoms with van der Waals surface area (Å²) in [5.41, 5.74) is 10.8. The van der Waals surface area contributed by atoms with Crippen molar-refractivity contribution in [3.8, 4) is 0 Å². The Bertz CT molecular complexity index is 551. The Hall–Kier alpha value is -2.69. The molecule has 0 radical (unpaired) electrons. The predicted octanol–water partition coefficient (Wildman–Crippen LogP) is -2.57. The van der Waals surface area contributed by atoms with Gasteiger partial charge in [-0.1, -0.05) is 13.8 Å². The largest absolute Gasteiger partial charge is 0.480 e. The lowest BCUT2D eigenvalue weighted by molar-refractivity contribution is -0.138. The van der Waals surface area contributed by atoms with Crippen molar-refractivity contribution in [2.24, 2.45) is 17.4 Å². The monoisotopic (exact) mass is 373 g/mol. The minimum absolute atomic E-state index is 0.0683. The fourth-order valence-corrected chi connectivity index (χ4v) is 1.82. The summed E-state index contributed by atoms with van der Waals surface area (Å²) in [6.45, 7) is 4.22. The van der Waals surface area contributed by atoms with Crippen LogP contribution in [0.1, 0.15) is 33.6 Å². The fourth-order valence-electron chi connectivity index (χ4n) is 1.82. The molecule has 0 rings (SSSR count). The molecule has 0 aliphatic carbocycles. The van der Waals surface area contributed by atoms with Gasteiger partial charge in [0.15, 0.2) is 0 Å². The number of nitrogens with two attached hydrogens (primary N) is 2. The lowest BCUT2D eigenvalue weighted by Gasteiger charge is -2.23. The molecular weight excluding hydrogens is 346 g/mol. The molecule has 148 valence electrons. The molecule has 0 aliphatic rings. The van der Waals surface area contributed by atoms with Crippen molar-refractivity contribution in [1.82, 2.24) is 16.0 Å². The summed E-state index contributed by atoms with van der Waals surface area (Å²) >= 11 is 0. The first-order valence-electron chi connectivity index (χ1n) is 8.09. The van der Waals surface area contributed by atoms with Crippen LogP contribution in [0.5, 0.6) is 0 Å².